The highest BCUT2D eigenvalue weighted by molar-refractivity contribution is 5.86. The highest BCUT2D eigenvalue weighted by Crippen LogP contribution is 2.59. The van der Waals surface area contributed by atoms with Crippen LogP contribution in [0.15, 0.2) is 29.8 Å². The van der Waals surface area contributed by atoms with Crippen molar-refractivity contribution < 1.29 is 4.79 Å². The Morgan fingerprint density at radius 1 is 1.25 bits per heavy atom. The molecular weight excluding hydrogens is 244 g/mol. The maximum absolute atomic E-state index is 12.3. The molecule has 0 heterocycles. The molecule has 3 aliphatic rings. The van der Waals surface area contributed by atoms with Gasteiger partial charge in [-0.2, -0.15) is 0 Å². The summed E-state index contributed by atoms with van der Waals surface area (Å²) in [7, 11) is 0. The minimum absolute atomic E-state index is 0.148. The summed E-state index contributed by atoms with van der Waals surface area (Å²) >= 11 is 0. The van der Waals surface area contributed by atoms with Crippen molar-refractivity contribution in [3.8, 4) is 0 Å². The van der Waals surface area contributed by atoms with Gasteiger partial charge in [-0.05, 0) is 47.8 Å². The van der Waals surface area contributed by atoms with Crippen molar-refractivity contribution in [1.29, 1.82) is 0 Å². The van der Waals surface area contributed by atoms with E-state index in [2.05, 4.69) is 38.1 Å². The number of hydrogen-bond donors (Lipinski definition) is 0. The maximum atomic E-state index is 12.3. The minimum Gasteiger partial charge on any atom is -0.299 e. The molecule has 1 fully saturated rings. The summed E-state index contributed by atoms with van der Waals surface area (Å²) in [6, 6.07) is 6.63. The second kappa shape index (κ2) is 4.07. The molecule has 1 aromatic carbocycles. The van der Waals surface area contributed by atoms with E-state index in [-0.39, 0.29) is 5.41 Å². The van der Waals surface area contributed by atoms with E-state index in [1.54, 1.807) is 11.1 Å². The first-order chi connectivity index (χ1) is 9.60. The van der Waals surface area contributed by atoms with Crippen molar-refractivity contribution in [2.24, 2.45) is 5.92 Å². The van der Waals surface area contributed by atoms with E-state index < -0.39 is 0 Å². The van der Waals surface area contributed by atoms with Crippen LogP contribution in [0.5, 0.6) is 0 Å². The van der Waals surface area contributed by atoms with E-state index >= 15 is 0 Å². The predicted molar refractivity (Wildman–Crippen MR) is 81.0 cm³/mol. The first-order valence-electron chi connectivity index (χ1n) is 7.92. The standard InChI is InChI=1S/C19H22O/c1-12(2)17-5-3-4-14-9-16(20)11-19(18(14)17)10-13-6-7-15(19)8-13/h3-6,12,15H,7-11H2,1-2H3. The van der Waals surface area contributed by atoms with Crippen LogP contribution >= 0.6 is 0 Å². The lowest BCUT2D eigenvalue weighted by molar-refractivity contribution is -0.120. The number of carbonyl (C=O) groups is 1. The molecule has 1 heteroatoms. The summed E-state index contributed by atoms with van der Waals surface area (Å²) in [5.74, 6) is 1.68. The fourth-order valence-electron chi connectivity index (χ4n) is 4.98. The van der Waals surface area contributed by atoms with Crippen molar-refractivity contribution in [2.45, 2.75) is 57.3 Å². The molecule has 20 heavy (non-hydrogen) atoms. The summed E-state index contributed by atoms with van der Waals surface area (Å²) in [5.41, 5.74) is 6.12. The van der Waals surface area contributed by atoms with Crippen LogP contribution in [-0.4, -0.2) is 5.78 Å². The fourth-order valence-corrected chi connectivity index (χ4v) is 4.98. The molecule has 1 saturated carbocycles. The molecule has 1 nitrogen and oxygen atoms in total. The zero-order chi connectivity index (χ0) is 13.9. The minimum atomic E-state index is 0.148. The zero-order valence-corrected chi connectivity index (χ0v) is 12.4. The molecule has 0 aliphatic heterocycles. The second-order valence-electron chi connectivity index (χ2n) is 7.26. The Labute approximate surface area is 121 Å². The Balaban J connectivity index is 1.96. The van der Waals surface area contributed by atoms with Gasteiger partial charge in [0.25, 0.3) is 0 Å². The SMILES string of the molecule is CC(C)c1cccc2c1C1(CC(=O)C2)CC2=CCC1C2. The molecule has 0 saturated heterocycles. The van der Waals surface area contributed by atoms with E-state index in [0.29, 0.717) is 24.0 Å². The number of fused-ring (bicyclic) bond motifs is 5. The van der Waals surface area contributed by atoms with Crippen molar-refractivity contribution in [1.82, 2.24) is 0 Å². The van der Waals surface area contributed by atoms with E-state index in [1.165, 1.54) is 24.0 Å². The number of allylic oxidation sites excluding steroid dienone is 2. The largest absolute Gasteiger partial charge is 0.299 e. The van der Waals surface area contributed by atoms with Gasteiger partial charge in [-0.3, -0.25) is 4.79 Å². The average molecular weight is 266 g/mol. The smallest absolute Gasteiger partial charge is 0.138 e. The van der Waals surface area contributed by atoms with E-state index in [1.807, 2.05) is 0 Å². The molecule has 0 N–H and O–H groups in total. The van der Waals surface area contributed by atoms with Crippen molar-refractivity contribution in [3.05, 3.63) is 46.5 Å². The van der Waals surface area contributed by atoms with Gasteiger partial charge in [0.1, 0.15) is 5.78 Å². The van der Waals surface area contributed by atoms with Gasteiger partial charge in [0.05, 0.1) is 0 Å². The molecule has 0 aromatic heterocycles. The molecular formula is C19H22O. The number of hydrogen-bond acceptors (Lipinski definition) is 1. The lowest BCUT2D eigenvalue weighted by atomic mass is 9.60. The summed E-state index contributed by atoms with van der Waals surface area (Å²) in [5, 5.41) is 0. The van der Waals surface area contributed by atoms with Crippen molar-refractivity contribution >= 4 is 5.78 Å². The third-order valence-corrected chi connectivity index (χ3v) is 5.73. The van der Waals surface area contributed by atoms with Gasteiger partial charge >= 0.3 is 0 Å². The molecule has 1 spiro atoms. The first-order valence-corrected chi connectivity index (χ1v) is 7.92. The summed E-state index contributed by atoms with van der Waals surface area (Å²) < 4.78 is 0. The molecule has 0 amide bonds. The fraction of sp³-hybridized carbons (Fsp3) is 0.526. The topological polar surface area (TPSA) is 17.1 Å². The van der Waals surface area contributed by atoms with Gasteiger partial charge in [-0.15, -0.1) is 0 Å². The monoisotopic (exact) mass is 266 g/mol. The van der Waals surface area contributed by atoms with Crippen LogP contribution in [0, 0.1) is 5.92 Å². The quantitative estimate of drug-likeness (QED) is 0.692. The molecule has 3 aliphatic carbocycles. The molecule has 2 atom stereocenters. The highest BCUT2D eigenvalue weighted by atomic mass is 16.1. The van der Waals surface area contributed by atoms with Gasteiger partial charge in [-0.25, -0.2) is 0 Å². The summed E-state index contributed by atoms with van der Waals surface area (Å²) in [4.78, 5) is 12.3. The highest BCUT2D eigenvalue weighted by Gasteiger charge is 2.52. The third kappa shape index (κ3) is 1.52. The predicted octanol–water partition coefficient (Wildman–Crippen LogP) is 4.30. The summed E-state index contributed by atoms with van der Waals surface area (Å²) in [6.45, 7) is 4.57. The molecule has 4 rings (SSSR count). The van der Waals surface area contributed by atoms with Crippen LogP contribution in [0.2, 0.25) is 0 Å². The van der Waals surface area contributed by atoms with Crippen LogP contribution < -0.4 is 0 Å². The number of ketones is 1. The number of rotatable bonds is 1. The molecule has 2 unspecified atom stereocenters. The molecule has 104 valence electrons. The number of carbonyl (C=O) groups excluding carboxylic acids is 1. The van der Waals surface area contributed by atoms with Crippen molar-refractivity contribution in [3.63, 3.8) is 0 Å². The maximum Gasteiger partial charge on any atom is 0.138 e. The van der Waals surface area contributed by atoms with Gasteiger partial charge < -0.3 is 0 Å². The Hall–Kier alpha value is -1.37. The molecule has 1 aromatic rings. The first kappa shape index (κ1) is 12.4. The average Bonchev–Trinajstić information content (AvgIpc) is 2.98. The lowest BCUT2D eigenvalue weighted by Gasteiger charge is -2.42. The third-order valence-electron chi connectivity index (χ3n) is 5.73. The van der Waals surface area contributed by atoms with E-state index in [9.17, 15) is 4.79 Å². The van der Waals surface area contributed by atoms with Crippen LogP contribution in [-0.2, 0) is 16.6 Å². The summed E-state index contributed by atoms with van der Waals surface area (Å²) in [6.07, 6.45) is 7.43. The van der Waals surface area contributed by atoms with Crippen LogP contribution in [0.25, 0.3) is 0 Å². The van der Waals surface area contributed by atoms with Crippen LogP contribution in [0.3, 0.4) is 0 Å². The van der Waals surface area contributed by atoms with Crippen LogP contribution in [0.1, 0.15) is 62.1 Å². The Morgan fingerprint density at radius 3 is 2.75 bits per heavy atom. The van der Waals surface area contributed by atoms with E-state index in [4.69, 9.17) is 0 Å². The van der Waals surface area contributed by atoms with Gasteiger partial charge in [0, 0.05) is 18.3 Å². The number of Topliss-reactive ketones (excluding diaryl/α,β-unsaturated/α-hetero) is 1. The Kier molecular flexibility index (Phi) is 2.52. The van der Waals surface area contributed by atoms with Gasteiger partial charge in [0.2, 0.25) is 0 Å². The Morgan fingerprint density at radius 2 is 2.10 bits per heavy atom. The van der Waals surface area contributed by atoms with Gasteiger partial charge in [0.15, 0.2) is 0 Å². The zero-order valence-electron chi connectivity index (χ0n) is 12.4. The second-order valence-corrected chi connectivity index (χ2v) is 7.26. The Bertz CT molecular complexity index is 623. The number of benzene rings is 1. The molecule has 2 bridgehead atoms. The lowest BCUT2D eigenvalue weighted by Crippen LogP contribution is -2.40. The van der Waals surface area contributed by atoms with E-state index in [0.717, 1.165) is 12.8 Å². The molecule has 0 radical (unpaired) electrons. The van der Waals surface area contributed by atoms with Crippen LogP contribution in [0.4, 0.5) is 0 Å². The van der Waals surface area contributed by atoms with Crippen molar-refractivity contribution in [2.75, 3.05) is 0 Å². The van der Waals surface area contributed by atoms with Gasteiger partial charge in [-0.1, -0.05) is 43.7 Å². The normalized spacial score (nSPS) is 31.1.